The monoisotopic (exact) mass is 307 g/mol. The summed E-state index contributed by atoms with van der Waals surface area (Å²) in [7, 11) is 0. The van der Waals surface area contributed by atoms with Crippen LogP contribution >= 0.6 is 0 Å². The van der Waals surface area contributed by atoms with Crippen LogP contribution in [-0.2, 0) is 17.5 Å². The van der Waals surface area contributed by atoms with Gasteiger partial charge in [-0.25, -0.2) is 9.18 Å². The zero-order chi connectivity index (χ0) is 15.8. The van der Waals surface area contributed by atoms with Gasteiger partial charge >= 0.3 is 12.3 Å². The molecule has 1 aliphatic rings. The highest BCUT2D eigenvalue weighted by Crippen LogP contribution is 2.30. The van der Waals surface area contributed by atoms with Crippen molar-refractivity contribution in [2.45, 2.75) is 31.9 Å². The van der Waals surface area contributed by atoms with E-state index < -0.39 is 23.7 Å². The summed E-state index contributed by atoms with van der Waals surface area (Å²) in [6.07, 6.45) is -6.05. The molecule has 2 atom stereocenters. The molecule has 0 spiro atoms. The molecule has 1 saturated heterocycles. The molecule has 1 aliphatic heterocycles. The first-order valence-electron chi connectivity index (χ1n) is 6.17. The summed E-state index contributed by atoms with van der Waals surface area (Å²) in [6, 6.07) is 1.87. The van der Waals surface area contributed by atoms with Crippen molar-refractivity contribution in [3.05, 3.63) is 35.1 Å². The van der Waals surface area contributed by atoms with Crippen molar-refractivity contribution >= 4 is 6.09 Å². The molecule has 4 nitrogen and oxygen atoms in total. The van der Waals surface area contributed by atoms with Crippen molar-refractivity contribution < 1.29 is 32.2 Å². The number of nitrogens with zero attached hydrogens (tertiary/aromatic N) is 1. The maximum atomic E-state index is 13.6. The minimum absolute atomic E-state index is 0.00368. The minimum atomic E-state index is -4.59. The number of alkyl halides is 3. The number of hydrogen-bond acceptors (Lipinski definition) is 2. The topological polar surface area (TPSA) is 49.8 Å². The van der Waals surface area contributed by atoms with Crippen LogP contribution in [0.1, 0.15) is 18.1 Å². The normalized spacial score (nSPS) is 22.0. The van der Waals surface area contributed by atoms with Gasteiger partial charge < -0.3 is 14.7 Å². The van der Waals surface area contributed by atoms with Gasteiger partial charge in [-0.15, -0.1) is 0 Å². The van der Waals surface area contributed by atoms with Crippen LogP contribution in [0.2, 0.25) is 0 Å². The summed E-state index contributed by atoms with van der Waals surface area (Å²) in [5.74, 6) is -0.994. The van der Waals surface area contributed by atoms with E-state index in [0.717, 1.165) is 17.0 Å². The Morgan fingerprint density at radius 1 is 1.48 bits per heavy atom. The lowest BCUT2D eigenvalue weighted by atomic mass is 10.0. The fraction of sp³-hybridized carbons (Fsp3) is 0.462. The Bertz CT molecular complexity index is 547. The highest BCUT2D eigenvalue weighted by atomic mass is 19.4. The molecular weight excluding hydrogens is 294 g/mol. The molecular formula is C13H13F4NO3. The number of hydrogen-bond donors (Lipinski definition) is 1. The van der Waals surface area contributed by atoms with E-state index in [9.17, 15) is 22.4 Å². The van der Waals surface area contributed by atoms with Gasteiger partial charge in [0.2, 0.25) is 0 Å². The molecule has 8 heteroatoms. The third kappa shape index (κ3) is 3.26. The van der Waals surface area contributed by atoms with Gasteiger partial charge in [-0.3, -0.25) is 0 Å². The summed E-state index contributed by atoms with van der Waals surface area (Å²) < 4.78 is 56.1. The lowest BCUT2D eigenvalue weighted by molar-refractivity contribution is -0.137. The number of amides is 1. The van der Waals surface area contributed by atoms with Gasteiger partial charge in [0.25, 0.3) is 0 Å². The van der Waals surface area contributed by atoms with E-state index in [1.807, 2.05) is 0 Å². The van der Waals surface area contributed by atoms with E-state index in [2.05, 4.69) is 0 Å². The third-order valence-electron chi connectivity index (χ3n) is 3.49. The number of halogens is 4. The Balaban J connectivity index is 1.95. The summed E-state index contributed by atoms with van der Waals surface area (Å²) in [5.41, 5.74) is -1.05. The smallest absolute Gasteiger partial charge is 0.416 e. The molecule has 116 valence electrons. The average molecular weight is 307 g/mol. The Hall–Kier alpha value is -1.83. The molecule has 2 unspecified atom stereocenters. The maximum Gasteiger partial charge on any atom is 0.416 e. The van der Waals surface area contributed by atoms with Crippen LogP contribution in [0.15, 0.2) is 18.2 Å². The van der Waals surface area contributed by atoms with Gasteiger partial charge in [0.05, 0.1) is 30.9 Å². The first-order valence-corrected chi connectivity index (χ1v) is 6.17. The SMILES string of the molecule is CC1C(OCc2ccc(C(F)(F)F)cc2F)CN1C(=O)O. The summed E-state index contributed by atoms with van der Waals surface area (Å²) >= 11 is 0. The van der Waals surface area contributed by atoms with Crippen molar-refractivity contribution in [3.8, 4) is 0 Å². The van der Waals surface area contributed by atoms with Crippen molar-refractivity contribution in [3.63, 3.8) is 0 Å². The molecule has 2 rings (SSSR count). The minimum Gasteiger partial charge on any atom is -0.465 e. The summed E-state index contributed by atoms with van der Waals surface area (Å²) in [6.45, 7) is 1.61. The second kappa shape index (κ2) is 5.51. The molecule has 1 heterocycles. The number of ether oxygens (including phenoxy) is 1. The Morgan fingerprint density at radius 2 is 2.14 bits per heavy atom. The maximum absolute atomic E-state index is 13.6. The Labute approximate surface area is 117 Å². The van der Waals surface area contributed by atoms with Gasteiger partial charge in [0.15, 0.2) is 0 Å². The van der Waals surface area contributed by atoms with E-state index in [4.69, 9.17) is 9.84 Å². The van der Waals surface area contributed by atoms with E-state index in [1.54, 1.807) is 6.92 Å². The average Bonchev–Trinajstić information content (AvgIpc) is 2.36. The number of rotatable bonds is 3. The van der Waals surface area contributed by atoms with Gasteiger partial charge in [0.1, 0.15) is 5.82 Å². The van der Waals surface area contributed by atoms with Gasteiger partial charge in [-0.1, -0.05) is 6.07 Å². The largest absolute Gasteiger partial charge is 0.465 e. The standard InChI is InChI=1S/C13H13F4NO3/c1-7-11(5-18(7)12(19)20)21-6-8-2-3-9(4-10(8)14)13(15,16)17/h2-4,7,11H,5-6H2,1H3,(H,19,20). The highest BCUT2D eigenvalue weighted by Gasteiger charge is 2.39. The Morgan fingerprint density at radius 3 is 2.62 bits per heavy atom. The molecule has 1 fully saturated rings. The van der Waals surface area contributed by atoms with Crippen molar-refractivity contribution in [1.82, 2.24) is 4.90 Å². The molecule has 0 aliphatic carbocycles. The first kappa shape index (κ1) is 15.6. The lowest BCUT2D eigenvalue weighted by Gasteiger charge is -2.43. The van der Waals surface area contributed by atoms with Gasteiger partial charge in [-0.05, 0) is 19.1 Å². The first-order chi connectivity index (χ1) is 9.70. The number of likely N-dealkylation sites (tertiary alicyclic amines) is 1. The zero-order valence-corrected chi connectivity index (χ0v) is 11.0. The molecule has 1 amide bonds. The fourth-order valence-corrected chi connectivity index (χ4v) is 2.06. The fourth-order valence-electron chi connectivity index (χ4n) is 2.06. The summed E-state index contributed by atoms with van der Waals surface area (Å²) in [5, 5.41) is 8.76. The molecule has 21 heavy (non-hydrogen) atoms. The lowest BCUT2D eigenvalue weighted by Crippen LogP contribution is -2.61. The summed E-state index contributed by atoms with van der Waals surface area (Å²) in [4.78, 5) is 11.9. The Kier molecular flexibility index (Phi) is 4.08. The highest BCUT2D eigenvalue weighted by molar-refractivity contribution is 5.66. The number of carboxylic acid groups (broad SMARTS) is 1. The van der Waals surface area contributed by atoms with Gasteiger partial charge in [0, 0.05) is 5.56 Å². The molecule has 1 aromatic carbocycles. The van der Waals surface area contributed by atoms with Crippen LogP contribution in [0.5, 0.6) is 0 Å². The molecule has 0 radical (unpaired) electrons. The number of benzene rings is 1. The second-order valence-corrected chi connectivity index (χ2v) is 4.83. The van der Waals surface area contributed by atoms with E-state index in [0.29, 0.717) is 6.07 Å². The van der Waals surface area contributed by atoms with Gasteiger partial charge in [-0.2, -0.15) is 13.2 Å². The quantitative estimate of drug-likeness (QED) is 0.873. The number of carbonyl (C=O) groups is 1. The molecule has 1 N–H and O–H groups in total. The van der Waals surface area contributed by atoms with Crippen molar-refractivity contribution in [2.24, 2.45) is 0 Å². The van der Waals surface area contributed by atoms with Crippen LogP contribution in [-0.4, -0.2) is 34.8 Å². The van der Waals surface area contributed by atoms with Crippen molar-refractivity contribution in [2.75, 3.05) is 6.54 Å². The predicted octanol–water partition coefficient (Wildman–Crippen LogP) is 3.11. The molecule has 1 aromatic rings. The predicted molar refractivity (Wildman–Crippen MR) is 64.2 cm³/mol. The van der Waals surface area contributed by atoms with Crippen LogP contribution in [0.25, 0.3) is 0 Å². The van der Waals surface area contributed by atoms with E-state index in [-0.39, 0.29) is 30.9 Å². The van der Waals surface area contributed by atoms with E-state index in [1.165, 1.54) is 0 Å². The van der Waals surface area contributed by atoms with E-state index >= 15 is 0 Å². The van der Waals surface area contributed by atoms with Crippen molar-refractivity contribution in [1.29, 1.82) is 0 Å². The second-order valence-electron chi connectivity index (χ2n) is 4.83. The molecule has 0 bridgehead atoms. The third-order valence-corrected chi connectivity index (χ3v) is 3.49. The molecule has 0 saturated carbocycles. The van der Waals surface area contributed by atoms with Crippen LogP contribution in [0, 0.1) is 5.82 Å². The van der Waals surface area contributed by atoms with Crippen LogP contribution < -0.4 is 0 Å². The zero-order valence-electron chi connectivity index (χ0n) is 11.0. The van der Waals surface area contributed by atoms with Crippen LogP contribution in [0.4, 0.5) is 22.4 Å². The van der Waals surface area contributed by atoms with Crippen LogP contribution in [0.3, 0.4) is 0 Å². The molecule has 0 aromatic heterocycles.